The van der Waals surface area contributed by atoms with Gasteiger partial charge in [0.05, 0.1) is 80.2 Å². The average Bonchev–Trinajstić information content (AvgIpc) is 3.89. The molecule has 0 N–H and O–H groups in total. The number of fused-ring (bicyclic) bond motifs is 6. The van der Waals surface area contributed by atoms with Crippen LogP contribution in [0.3, 0.4) is 0 Å². The molecule has 0 fully saturated rings. The zero-order valence-corrected chi connectivity index (χ0v) is 34.5. The Balaban J connectivity index is 1.09. The molecular formula is C58H36N6. The summed E-state index contributed by atoms with van der Waals surface area (Å²) in [6.45, 7) is 0. The van der Waals surface area contributed by atoms with E-state index in [0.717, 1.165) is 111 Å². The molecule has 7 aromatic carbocycles. The number of nitrogens with zero attached hydrogens (tertiary/aromatic N) is 6. The van der Waals surface area contributed by atoms with Gasteiger partial charge in [0.15, 0.2) is 0 Å². The number of benzene rings is 7. The zero-order valence-electron chi connectivity index (χ0n) is 34.5. The van der Waals surface area contributed by atoms with Gasteiger partial charge in [-0.2, -0.15) is 5.26 Å². The lowest BCUT2D eigenvalue weighted by molar-refractivity contribution is 1.09. The highest BCUT2D eigenvalue weighted by molar-refractivity contribution is 6.13. The third-order valence-corrected chi connectivity index (χ3v) is 12.3. The van der Waals surface area contributed by atoms with E-state index in [1.54, 1.807) is 0 Å². The second-order valence-electron chi connectivity index (χ2n) is 15.9. The molecule has 5 heterocycles. The van der Waals surface area contributed by atoms with Crippen molar-refractivity contribution in [3.8, 4) is 73.6 Å². The normalized spacial score (nSPS) is 11.4. The molecule has 0 bridgehead atoms. The Kier molecular flexibility index (Phi) is 8.77. The summed E-state index contributed by atoms with van der Waals surface area (Å²) in [5.74, 6) is 0. The minimum absolute atomic E-state index is 0.580. The van der Waals surface area contributed by atoms with Crippen LogP contribution in [0, 0.1) is 11.3 Å². The van der Waals surface area contributed by atoms with Gasteiger partial charge in [-0.3, -0.25) is 4.98 Å². The minimum atomic E-state index is 0.580. The summed E-state index contributed by atoms with van der Waals surface area (Å²) in [5.41, 5.74) is 16.0. The van der Waals surface area contributed by atoms with Gasteiger partial charge in [-0.05, 0) is 66.7 Å². The van der Waals surface area contributed by atoms with Crippen molar-refractivity contribution in [2.45, 2.75) is 0 Å². The second kappa shape index (κ2) is 15.2. The van der Waals surface area contributed by atoms with E-state index >= 15 is 0 Å². The first-order valence-electron chi connectivity index (χ1n) is 21.3. The monoisotopic (exact) mass is 816 g/mol. The number of hydrogen-bond donors (Lipinski definition) is 0. The summed E-state index contributed by atoms with van der Waals surface area (Å²) in [4.78, 5) is 15.3. The highest BCUT2D eigenvalue weighted by atomic mass is 15.0. The second-order valence-corrected chi connectivity index (χ2v) is 15.9. The van der Waals surface area contributed by atoms with Gasteiger partial charge in [-0.25, -0.2) is 9.97 Å². The molecule has 0 spiro atoms. The topological polar surface area (TPSA) is 72.3 Å². The number of hydrogen-bond acceptors (Lipinski definition) is 4. The van der Waals surface area contributed by atoms with E-state index < -0.39 is 0 Å². The summed E-state index contributed by atoms with van der Waals surface area (Å²) in [7, 11) is 0. The van der Waals surface area contributed by atoms with Crippen LogP contribution in [-0.2, 0) is 0 Å². The minimum Gasteiger partial charge on any atom is -0.307 e. The lowest BCUT2D eigenvalue weighted by atomic mass is 9.97. The van der Waals surface area contributed by atoms with Crippen molar-refractivity contribution in [1.29, 1.82) is 5.26 Å². The van der Waals surface area contributed by atoms with E-state index in [9.17, 15) is 5.26 Å². The third kappa shape index (κ3) is 6.06. The van der Waals surface area contributed by atoms with E-state index in [4.69, 9.17) is 15.0 Å². The van der Waals surface area contributed by atoms with Gasteiger partial charge in [0.2, 0.25) is 0 Å². The number of rotatable bonds is 7. The van der Waals surface area contributed by atoms with Crippen molar-refractivity contribution in [2.24, 2.45) is 0 Å². The lowest BCUT2D eigenvalue weighted by Gasteiger charge is -2.20. The molecule has 12 rings (SSSR count). The molecule has 0 aliphatic carbocycles. The first-order valence-corrected chi connectivity index (χ1v) is 21.3. The fourth-order valence-corrected chi connectivity index (χ4v) is 9.37. The van der Waals surface area contributed by atoms with Crippen molar-refractivity contribution in [1.82, 2.24) is 24.1 Å². The highest BCUT2D eigenvalue weighted by Crippen LogP contribution is 2.43. The number of para-hydroxylation sites is 2. The van der Waals surface area contributed by atoms with E-state index in [1.807, 2.05) is 67.0 Å². The van der Waals surface area contributed by atoms with Gasteiger partial charge in [0.1, 0.15) is 0 Å². The Labute approximate surface area is 369 Å². The smallest absolute Gasteiger partial charge is 0.0998 e. The molecule has 12 aromatic rings. The van der Waals surface area contributed by atoms with Crippen LogP contribution in [0.4, 0.5) is 0 Å². The SMILES string of the molecule is N#Cc1ccccc1-c1c(-n2c3ccccc3c3cc(-c4cccc(-c5ccccc5)n4)ccc32)cncc1-n1c2ccccc2c2cc(-c3cccc(-c4ccccc4)n3)ccc21. The quantitative estimate of drug-likeness (QED) is 0.161. The molecule has 6 heteroatoms. The van der Waals surface area contributed by atoms with Crippen LogP contribution in [0.5, 0.6) is 0 Å². The van der Waals surface area contributed by atoms with Crippen molar-refractivity contribution in [2.75, 3.05) is 0 Å². The summed E-state index contributed by atoms with van der Waals surface area (Å²) in [6.07, 6.45) is 3.88. The Morgan fingerprint density at radius 2 is 0.781 bits per heavy atom. The van der Waals surface area contributed by atoms with Gasteiger partial charge in [0.25, 0.3) is 0 Å². The van der Waals surface area contributed by atoms with Crippen LogP contribution >= 0.6 is 0 Å². The zero-order chi connectivity index (χ0) is 42.6. The van der Waals surface area contributed by atoms with E-state index in [2.05, 4.69) is 167 Å². The van der Waals surface area contributed by atoms with Crippen molar-refractivity contribution in [3.63, 3.8) is 0 Å². The molecule has 298 valence electrons. The number of nitriles is 1. The Morgan fingerprint density at radius 1 is 0.359 bits per heavy atom. The van der Waals surface area contributed by atoms with Crippen LogP contribution in [-0.4, -0.2) is 24.1 Å². The molecule has 0 unspecified atom stereocenters. The molecule has 0 aliphatic heterocycles. The maximum Gasteiger partial charge on any atom is 0.0998 e. The molecule has 0 saturated carbocycles. The molecule has 0 radical (unpaired) electrons. The van der Waals surface area contributed by atoms with Crippen LogP contribution < -0.4 is 0 Å². The van der Waals surface area contributed by atoms with E-state index in [-0.39, 0.29) is 0 Å². The summed E-state index contributed by atoms with van der Waals surface area (Å²) >= 11 is 0. The van der Waals surface area contributed by atoms with Crippen LogP contribution in [0.15, 0.2) is 219 Å². The van der Waals surface area contributed by atoms with Crippen LogP contribution in [0.2, 0.25) is 0 Å². The van der Waals surface area contributed by atoms with Crippen molar-refractivity contribution >= 4 is 43.6 Å². The third-order valence-electron chi connectivity index (χ3n) is 12.3. The van der Waals surface area contributed by atoms with Gasteiger partial charge in [-0.15, -0.1) is 0 Å². The molecule has 64 heavy (non-hydrogen) atoms. The van der Waals surface area contributed by atoms with Gasteiger partial charge in [-0.1, -0.05) is 140 Å². The summed E-state index contributed by atoms with van der Waals surface area (Å²) < 4.78 is 4.61. The van der Waals surface area contributed by atoms with E-state index in [1.165, 1.54) is 0 Å². The fraction of sp³-hybridized carbons (Fsp3) is 0. The van der Waals surface area contributed by atoms with Gasteiger partial charge in [0, 0.05) is 54.9 Å². The molecule has 5 aromatic heterocycles. The largest absolute Gasteiger partial charge is 0.307 e. The average molecular weight is 817 g/mol. The number of aromatic nitrogens is 5. The fourth-order valence-electron chi connectivity index (χ4n) is 9.37. The maximum atomic E-state index is 10.7. The molecule has 0 amide bonds. The highest BCUT2D eigenvalue weighted by Gasteiger charge is 2.24. The predicted molar refractivity (Wildman–Crippen MR) is 260 cm³/mol. The number of pyridine rings is 3. The molecule has 0 aliphatic rings. The van der Waals surface area contributed by atoms with Gasteiger partial charge >= 0.3 is 0 Å². The van der Waals surface area contributed by atoms with Gasteiger partial charge < -0.3 is 9.13 Å². The summed E-state index contributed by atoms with van der Waals surface area (Å²) in [5, 5.41) is 15.1. The molecular weight excluding hydrogens is 781 g/mol. The first kappa shape index (κ1) is 36.9. The van der Waals surface area contributed by atoms with Crippen LogP contribution in [0.1, 0.15) is 5.56 Å². The van der Waals surface area contributed by atoms with Crippen LogP contribution in [0.25, 0.3) is 111 Å². The molecule has 6 nitrogen and oxygen atoms in total. The van der Waals surface area contributed by atoms with Crippen molar-refractivity contribution < 1.29 is 0 Å². The Hall–Kier alpha value is -8.92. The molecule has 0 saturated heterocycles. The molecule has 0 atom stereocenters. The van der Waals surface area contributed by atoms with Crippen molar-refractivity contribution in [3.05, 3.63) is 224 Å². The predicted octanol–water partition coefficient (Wildman–Crippen LogP) is 14.3. The summed E-state index contributed by atoms with van der Waals surface area (Å²) in [6, 6.07) is 73.6. The first-order chi connectivity index (χ1) is 31.7. The Bertz CT molecular complexity index is 3580. The maximum absolute atomic E-state index is 10.7. The Morgan fingerprint density at radius 3 is 1.28 bits per heavy atom. The van der Waals surface area contributed by atoms with E-state index in [0.29, 0.717) is 5.56 Å². The lowest BCUT2D eigenvalue weighted by Crippen LogP contribution is -2.05. The standard InChI is InChI=1S/C58H36N6/c59-35-42-19-7-8-20-43(42)58-56(63-52-27-11-9-21-44(52)46-33-40(29-31-54(46)63)50-25-13-23-48(61-50)38-15-3-1-4-16-38)36-60-37-57(58)64-53-28-12-10-22-45(53)47-34-41(30-32-55(47)64)51-26-14-24-49(62-51)39-17-5-2-6-18-39/h1-34,36-37H.